The van der Waals surface area contributed by atoms with E-state index in [1.807, 2.05) is 0 Å². The van der Waals surface area contributed by atoms with Crippen LogP contribution >= 0.6 is 0 Å². The summed E-state index contributed by atoms with van der Waals surface area (Å²) in [6.45, 7) is 8.38. The number of para-hydroxylation sites is 1. The number of amides is 11. The Morgan fingerprint density at radius 3 is 1.50 bits per heavy atom. The molecule has 502 valence electrons. The van der Waals surface area contributed by atoms with Crippen LogP contribution in [0.25, 0.3) is 10.9 Å². The number of aromatic nitrogens is 1. The molecule has 0 fully saturated rings. The highest BCUT2D eigenvalue weighted by Gasteiger charge is 2.37. The molecule has 34 heteroatoms. The molecule has 0 aliphatic heterocycles. The molecule has 0 spiro atoms. The molecule has 0 bridgehead atoms. The zero-order valence-electron chi connectivity index (χ0n) is 51.7. The molecule has 1 aromatic heterocycles. The van der Waals surface area contributed by atoms with Crippen LogP contribution in [0.2, 0.25) is 0 Å². The van der Waals surface area contributed by atoms with Crippen molar-refractivity contribution in [3.05, 3.63) is 36.0 Å². The van der Waals surface area contributed by atoms with E-state index in [-0.39, 0.29) is 37.7 Å². The number of guanidine groups is 1. The summed E-state index contributed by atoms with van der Waals surface area (Å²) in [6, 6.07) is -8.06. The van der Waals surface area contributed by atoms with Gasteiger partial charge in [-0.3, -0.25) is 62.5 Å². The Morgan fingerprint density at radius 2 is 0.978 bits per heavy atom. The average Bonchev–Trinajstić information content (AvgIpc) is 3.85. The van der Waals surface area contributed by atoms with Crippen LogP contribution in [0.1, 0.15) is 93.1 Å². The van der Waals surface area contributed by atoms with Crippen LogP contribution in [-0.4, -0.2) is 213 Å². The normalized spacial score (nSPS) is 14.9. The number of hydrogen-bond donors (Lipinski definition) is 20. The van der Waals surface area contributed by atoms with Crippen molar-refractivity contribution in [2.75, 3.05) is 39.5 Å². The van der Waals surface area contributed by atoms with Crippen molar-refractivity contribution < 1.29 is 87.9 Å². The molecule has 2 rings (SSSR count). The molecule has 0 radical (unpaired) electrons. The third-order valence-electron chi connectivity index (χ3n) is 14.2. The predicted octanol–water partition coefficient (Wildman–Crippen LogP) is -6.37. The SMILES string of the molecule is CC[C@H](C)[C@H](NC(=O)CNC(=O)[C@@H](N)C(C)C)C(=O)N[C@@H](Cc1c[nH]c2ccccc12)C(=O)N[C@@H](CO)C(=O)N[C@H](C(=O)N[C@H](C(=O)N[C@@H](CO)C(=O)N[C@@H](CCC(=O)O)C(=O)NCC(=O)N[C@@H](CO)C(=O)N[C@@H](CCCN=C(N)N)C(=O)O)C(C)C)C(C)C. The van der Waals surface area contributed by atoms with Crippen LogP contribution < -0.4 is 75.7 Å². The molecule has 23 N–H and O–H groups in total. The van der Waals surface area contributed by atoms with Crippen LogP contribution in [0.4, 0.5) is 0 Å². The number of aliphatic imine (C=N–C) groups is 1. The summed E-state index contributed by atoms with van der Waals surface area (Å²) in [6.07, 6.45) is 0.480. The van der Waals surface area contributed by atoms with E-state index in [1.165, 1.54) is 27.7 Å². The minimum absolute atomic E-state index is 0.0356. The highest BCUT2D eigenvalue weighted by Crippen LogP contribution is 2.20. The highest BCUT2D eigenvalue weighted by atomic mass is 16.4. The van der Waals surface area contributed by atoms with Gasteiger partial charge in [0.05, 0.1) is 39.0 Å². The number of aliphatic hydroxyl groups is 3. The number of H-pyrrole nitrogens is 1. The fraction of sp³-hybridized carbons (Fsp3) is 0.607. The maximum Gasteiger partial charge on any atom is 0.326 e. The average molecular weight is 1280 g/mol. The molecule has 0 saturated carbocycles. The van der Waals surface area contributed by atoms with Crippen molar-refractivity contribution in [1.82, 2.24) is 63.5 Å². The van der Waals surface area contributed by atoms with Gasteiger partial charge in [0.1, 0.15) is 54.4 Å². The highest BCUT2D eigenvalue weighted by molar-refractivity contribution is 5.99. The molecule has 0 aliphatic rings. The van der Waals surface area contributed by atoms with Crippen molar-refractivity contribution in [1.29, 1.82) is 0 Å². The predicted molar refractivity (Wildman–Crippen MR) is 323 cm³/mol. The van der Waals surface area contributed by atoms with Crippen molar-refractivity contribution >= 4 is 93.8 Å². The minimum atomic E-state index is -1.86. The van der Waals surface area contributed by atoms with Gasteiger partial charge in [0, 0.05) is 36.5 Å². The molecule has 0 saturated heterocycles. The lowest BCUT2D eigenvalue weighted by atomic mass is 9.97. The van der Waals surface area contributed by atoms with E-state index in [9.17, 15) is 87.9 Å². The molecule has 34 nitrogen and oxygen atoms in total. The Kier molecular flexibility index (Phi) is 32.9. The largest absolute Gasteiger partial charge is 0.481 e. The zero-order valence-corrected chi connectivity index (χ0v) is 51.7. The third kappa shape index (κ3) is 25.6. The van der Waals surface area contributed by atoms with Crippen LogP contribution in [-0.2, 0) is 68.7 Å². The number of carbonyl (C=O) groups is 13. The first-order valence-corrected chi connectivity index (χ1v) is 29.2. The number of carboxylic acids is 2. The Hall–Kier alpha value is -9.02. The number of rotatable bonds is 40. The molecule has 0 unspecified atom stereocenters. The van der Waals surface area contributed by atoms with Crippen LogP contribution in [0, 0.1) is 23.7 Å². The van der Waals surface area contributed by atoms with Crippen molar-refractivity contribution in [2.24, 2.45) is 45.9 Å². The summed E-state index contributed by atoms with van der Waals surface area (Å²) in [5, 5.41) is 76.2. The van der Waals surface area contributed by atoms with Gasteiger partial charge in [0.25, 0.3) is 0 Å². The van der Waals surface area contributed by atoms with E-state index in [0.717, 1.165) is 0 Å². The molecule has 11 atom stereocenters. The maximum atomic E-state index is 14.3. The Labute approximate surface area is 519 Å². The number of hydrogen-bond acceptors (Lipinski definition) is 18. The van der Waals surface area contributed by atoms with Gasteiger partial charge in [-0.15, -0.1) is 0 Å². The van der Waals surface area contributed by atoms with Gasteiger partial charge in [-0.2, -0.15) is 0 Å². The number of aliphatic carboxylic acids is 2. The van der Waals surface area contributed by atoms with Gasteiger partial charge < -0.3 is 106 Å². The molecular weight excluding hydrogens is 1180 g/mol. The minimum Gasteiger partial charge on any atom is -0.481 e. The Morgan fingerprint density at radius 1 is 0.522 bits per heavy atom. The fourth-order valence-corrected chi connectivity index (χ4v) is 8.57. The lowest BCUT2D eigenvalue weighted by Gasteiger charge is -2.30. The fourth-order valence-electron chi connectivity index (χ4n) is 8.57. The van der Waals surface area contributed by atoms with Gasteiger partial charge in [0.15, 0.2) is 5.96 Å². The molecule has 90 heavy (non-hydrogen) atoms. The first-order chi connectivity index (χ1) is 42.3. The standard InChI is InChI=1S/C56H90N16O18/c1-9-29(8)45(70-40(77)22-63-51(85)42(57)26(2)3)54(88)67-35(19-30-20-61-32-14-11-10-13-31(30)32)47(81)68-38(25-75)50(84)71-44(28(6)7)53(87)72-43(27(4)5)52(86)69-37(24-74)49(83)65-33(16-17-41(78)79)46(80)62-21-39(76)64-36(23-73)48(82)66-34(55(89)90)15-12-18-60-56(58)59/h10-11,13-14,20,26-29,33-38,42-45,61,73-75H,9,12,15-19,21-25,57H2,1-8H3,(H,62,80)(H,63,85)(H,64,76)(H,65,83)(H,66,82)(H,67,88)(H,68,81)(H,69,86)(H,70,77)(H,71,84)(H,72,87)(H,78,79)(H,89,90)(H4,58,59,60)/t29-,33-,34-,35-,36-,37-,38-,42-,43-,44-,45-/m0/s1. The summed E-state index contributed by atoms with van der Waals surface area (Å²) < 4.78 is 0. The van der Waals surface area contributed by atoms with E-state index in [1.54, 1.807) is 58.2 Å². The summed E-state index contributed by atoms with van der Waals surface area (Å²) >= 11 is 0. The number of nitrogens with one attached hydrogen (secondary N) is 12. The second-order valence-corrected chi connectivity index (χ2v) is 22.4. The van der Waals surface area contributed by atoms with Gasteiger partial charge in [0.2, 0.25) is 65.0 Å². The van der Waals surface area contributed by atoms with Crippen molar-refractivity contribution in [2.45, 2.75) is 154 Å². The van der Waals surface area contributed by atoms with Gasteiger partial charge in [-0.25, -0.2) is 4.79 Å². The third-order valence-corrected chi connectivity index (χ3v) is 14.2. The summed E-state index contributed by atoms with van der Waals surface area (Å²) in [7, 11) is 0. The number of carboxylic acid groups (broad SMARTS) is 2. The summed E-state index contributed by atoms with van der Waals surface area (Å²) in [4.78, 5) is 178. The number of aromatic amines is 1. The quantitative estimate of drug-likeness (QED) is 0.0168. The van der Waals surface area contributed by atoms with Gasteiger partial charge >= 0.3 is 11.9 Å². The lowest BCUT2D eigenvalue weighted by Crippen LogP contribution is -2.62. The van der Waals surface area contributed by atoms with E-state index >= 15 is 0 Å². The number of fused-ring (bicyclic) bond motifs is 1. The van der Waals surface area contributed by atoms with E-state index in [0.29, 0.717) is 22.9 Å². The van der Waals surface area contributed by atoms with Crippen molar-refractivity contribution in [3.8, 4) is 0 Å². The first-order valence-electron chi connectivity index (χ1n) is 29.2. The summed E-state index contributed by atoms with van der Waals surface area (Å²) in [5.74, 6) is -16.2. The second kappa shape index (κ2) is 38.4. The number of aliphatic hydroxyl groups excluding tert-OH is 3. The Bertz CT molecular complexity index is 2840. The number of benzene rings is 1. The lowest BCUT2D eigenvalue weighted by molar-refractivity contribution is -0.142. The van der Waals surface area contributed by atoms with Crippen LogP contribution in [0.5, 0.6) is 0 Å². The van der Waals surface area contributed by atoms with Crippen LogP contribution in [0.15, 0.2) is 35.5 Å². The zero-order chi connectivity index (χ0) is 68.1. The molecule has 1 aromatic carbocycles. The molecule has 2 aromatic rings. The Balaban J connectivity index is 2.27. The number of nitrogens with two attached hydrogens (primary N) is 3. The molecule has 11 amide bonds. The monoisotopic (exact) mass is 1270 g/mol. The number of nitrogens with zero attached hydrogens (tertiary/aromatic N) is 1. The van der Waals surface area contributed by atoms with Crippen LogP contribution in [0.3, 0.4) is 0 Å². The molecular formula is C56H90N16O18. The number of carbonyl (C=O) groups excluding carboxylic acids is 11. The van der Waals surface area contributed by atoms with E-state index in [4.69, 9.17) is 17.2 Å². The topological polar surface area (TPSA) is 562 Å². The van der Waals surface area contributed by atoms with Gasteiger partial charge in [-0.1, -0.05) is 80.0 Å². The van der Waals surface area contributed by atoms with E-state index < -0.39 is 201 Å². The maximum absolute atomic E-state index is 14.3. The first kappa shape index (κ1) is 77.1. The smallest absolute Gasteiger partial charge is 0.326 e. The molecule has 1 heterocycles. The summed E-state index contributed by atoms with van der Waals surface area (Å²) in [5.41, 5.74) is 17.7. The van der Waals surface area contributed by atoms with Crippen molar-refractivity contribution in [3.63, 3.8) is 0 Å². The van der Waals surface area contributed by atoms with Gasteiger partial charge in [-0.05, 0) is 54.6 Å². The second-order valence-electron chi connectivity index (χ2n) is 22.4. The molecule has 0 aliphatic carbocycles. The van der Waals surface area contributed by atoms with E-state index in [2.05, 4.69) is 68.5 Å².